The Labute approximate surface area is 170 Å². The number of benzene rings is 2. The predicted molar refractivity (Wildman–Crippen MR) is 117 cm³/mol. The van der Waals surface area contributed by atoms with E-state index >= 15 is 0 Å². The lowest BCUT2D eigenvalue weighted by atomic mass is 9.84. The van der Waals surface area contributed by atoms with E-state index in [0.29, 0.717) is 12.0 Å². The number of nitrogens with zero attached hydrogens (tertiary/aromatic N) is 1. The SMILES string of the molecule is CCCCCCCC(C(Cc1ccccc1)Cc1ccccc1)[n+]1cc[nH]c1. The second-order valence-electron chi connectivity index (χ2n) is 7.97. The molecule has 3 rings (SSSR count). The Hall–Kier alpha value is -2.35. The second kappa shape index (κ2) is 11.5. The number of aromatic nitrogens is 2. The zero-order chi connectivity index (χ0) is 19.4. The third-order valence-corrected chi connectivity index (χ3v) is 5.78. The van der Waals surface area contributed by atoms with Crippen LogP contribution in [0.15, 0.2) is 79.4 Å². The molecule has 0 aliphatic heterocycles. The number of imidazole rings is 1. The minimum atomic E-state index is 0.522. The van der Waals surface area contributed by atoms with Crippen LogP contribution in [-0.4, -0.2) is 4.98 Å². The molecule has 0 aliphatic rings. The highest BCUT2D eigenvalue weighted by molar-refractivity contribution is 5.18. The zero-order valence-electron chi connectivity index (χ0n) is 17.3. The van der Waals surface area contributed by atoms with Crippen molar-refractivity contribution in [2.45, 2.75) is 64.3 Å². The summed E-state index contributed by atoms with van der Waals surface area (Å²) >= 11 is 0. The molecule has 0 saturated heterocycles. The van der Waals surface area contributed by atoms with Crippen molar-refractivity contribution in [1.82, 2.24) is 4.98 Å². The van der Waals surface area contributed by atoms with E-state index in [1.165, 1.54) is 49.7 Å². The summed E-state index contributed by atoms with van der Waals surface area (Å²) < 4.78 is 2.41. The van der Waals surface area contributed by atoms with Crippen molar-refractivity contribution in [3.63, 3.8) is 0 Å². The van der Waals surface area contributed by atoms with Crippen LogP contribution in [-0.2, 0) is 12.8 Å². The van der Waals surface area contributed by atoms with Crippen molar-refractivity contribution in [2.75, 3.05) is 0 Å². The predicted octanol–water partition coefficient (Wildman–Crippen LogP) is 6.31. The first kappa shape index (κ1) is 20.4. The number of H-pyrrole nitrogens is 1. The number of nitrogens with one attached hydrogen (secondary N) is 1. The summed E-state index contributed by atoms with van der Waals surface area (Å²) in [5.74, 6) is 0.580. The van der Waals surface area contributed by atoms with Gasteiger partial charge in [-0.15, -0.1) is 0 Å². The Balaban J connectivity index is 1.77. The van der Waals surface area contributed by atoms with Crippen molar-refractivity contribution in [3.05, 3.63) is 90.5 Å². The smallest absolute Gasteiger partial charge is 0.241 e. The lowest BCUT2D eigenvalue weighted by Gasteiger charge is -2.25. The van der Waals surface area contributed by atoms with Crippen molar-refractivity contribution in [1.29, 1.82) is 0 Å². The van der Waals surface area contributed by atoms with E-state index in [1.807, 2.05) is 6.20 Å². The molecule has 0 aliphatic carbocycles. The molecule has 0 spiro atoms. The number of aromatic amines is 1. The van der Waals surface area contributed by atoms with Crippen LogP contribution in [0.4, 0.5) is 0 Å². The number of unbranched alkanes of at least 4 members (excludes halogenated alkanes) is 4. The van der Waals surface area contributed by atoms with Gasteiger partial charge in [0.1, 0.15) is 18.4 Å². The highest BCUT2D eigenvalue weighted by Crippen LogP contribution is 2.27. The van der Waals surface area contributed by atoms with Crippen LogP contribution in [0.5, 0.6) is 0 Å². The highest BCUT2D eigenvalue weighted by Gasteiger charge is 2.27. The van der Waals surface area contributed by atoms with E-state index in [9.17, 15) is 0 Å². The number of rotatable bonds is 12. The van der Waals surface area contributed by atoms with Gasteiger partial charge in [0.2, 0.25) is 6.33 Å². The van der Waals surface area contributed by atoms with Gasteiger partial charge in [-0.1, -0.05) is 93.3 Å². The van der Waals surface area contributed by atoms with Gasteiger partial charge in [-0.25, -0.2) is 4.57 Å². The monoisotopic (exact) mass is 375 g/mol. The maximum absolute atomic E-state index is 3.27. The average Bonchev–Trinajstić information content (AvgIpc) is 3.26. The molecule has 28 heavy (non-hydrogen) atoms. The molecule has 1 heterocycles. The average molecular weight is 376 g/mol. The Morgan fingerprint density at radius 3 is 1.93 bits per heavy atom. The first-order valence-electron chi connectivity index (χ1n) is 11.0. The maximum Gasteiger partial charge on any atom is 0.241 e. The van der Waals surface area contributed by atoms with E-state index in [4.69, 9.17) is 0 Å². The Bertz CT molecular complexity index is 708. The largest absolute Gasteiger partial charge is 0.250 e. The first-order valence-corrected chi connectivity index (χ1v) is 11.0. The molecule has 0 amide bonds. The number of hydrogen-bond acceptors (Lipinski definition) is 0. The molecule has 0 fully saturated rings. The van der Waals surface area contributed by atoms with Crippen molar-refractivity contribution >= 4 is 0 Å². The minimum absolute atomic E-state index is 0.522. The van der Waals surface area contributed by atoms with Crippen molar-refractivity contribution < 1.29 is 4.57 Å². The lowest BCUT2D eigenvalue weighted by Crippen LogP contribution is -2.43. The number of hydrogen-bond donors (Lipinski definition) is 1. The van der Waals surface area contributed by atoms with Gasteiger partial charge in [0.05, 0.1) is 0 Å². The summed E-state index contributed by atoms with van der Waals surface area (Å²) in [6.07, 6.45) is 16.6. The molecule has 2 nitrogen and oxygen atoms in total. The molecule has 0 saturated carbocycles. The van der Waals surface area contributed by atoms with Gasteiger partial charge in [0, 0.05) is 5.92 Å². The molecule has 148 valence electrons. The Morgan fingerprint density at radius 2 is 1.39 bits per heavy atom. The van der Waals surface area contributed by atoms with Crippen molar-refractivity contribution in [3.8, 4) is 0 Å². The molecule has 3 aromatic rings. The summed E-state index contributed by atoms with van der Waals surface area (Å²) in [6.45, 7) is 2.29. The third-order valence-electron chi connectivity index (χ3n) is 5.78. The van der Waals surface area contributed by atoms with Gasteiger partial charge in [-0.3, -0.25) is 4.98 Å². The minimum Gasteiger partial charge on any atom is -0.250 e. The van der Waals surface area contributed by atoms with E-state index in [0.717, 1.165) is 12.8 Å². The van der Waals surface area contributed by atoms with Gasteiger partial charge in [-0.2, -0.15) is 0 Å². The third kappa shape index (κ3) is 6.37. The van der Waals surface area contributed by atoms with Crippen LogP contribution in [0.1, 0.15) is 62.6 Å². The fraction of sp³-hybridized carbons (Fsp3) is 0.423. The summed E-state index contributed by atoms with van der Waals surface area (Å²) in [5.41, 5.74) is 2.88. The molecular formula is C26H35N2+. The summed E-state index contributed by atoms with van der Waals surface area (Å²) in [6, 6.07) is 22.5. The molecular weight excluding hydrogens is 340 g/mol. The van der Waals surface area contributed by atoms with Gasteiger partial charge < -0.3 is 0 Å². The van der Waals surface area contributed by atoms with E-state index < -0.39 is 0 Å². The van der Waals surface area contributed by atoms with Crippen LogP contribution in [0.2, 0.25) is 0 Å². The molecule has 0 bridgehead atoms. The van der Waals surface area contributed by atoms with Crippen LogP contribution in [0, 0.1) is 5.92 Å². The highest BCUT2D eigenvalue weighted by atomic mass is 15.1. The molecule has 1 N–H and O–H groups in total. The fourth-order valence-corrected chi connectivity index (χ4v) is 4.27. The van der Waals surface area contributed by atoms with Crippen LogP contribution in [0.25, 0.3) is 0 Å². The van der Waals surface area contributed by atoms with Crippen LogP contribution < -0.4 is 4.57 Å². The van der Waals surface area contributed by atoms with E-state index in [1.54, 1.807) is 0 Å². The fourth-order valence-electron chi connectivity index (χ4n) is 4.27. The zero-order valence-corrected chi connectivity index (χ0v) is 17.3. The van der Waals surface area contributed by atoms with Gasteiger partial charge in [0.25, 0.3) is 0 Å². The Morgan fingerprint density at radius 1 is 0.786 bits per heavy atom. The normalized spacial score (nSPS) is 12.4. The summed E-state index contributed by atoms with van der Waals surface area (Å²) in [5, 5.41) is 0. The lowest BCUT2D eigenvalue weighted by molar-refractivity contribution is -0.729. The standard InChI is InChI=1S/C26H34N2/c1-2-3-4-5-12-17-26(28-19-18-27-22-28)25(20-23-13-8-6-9-14-23)21-24-15-10-7-11-16-24/h6-11,13-16,18-19,22,25-26H,2-5,12,17,20-21H2,1H3/p+1. The molecule has 1 atom stereocenters. The van der Waals surface area contributed by atoms with E-state index in [-0.39, 0.29) is 0 Å². The molecule has 2 aromatic carbocycles. The molecule has 0 radical (unpaired) electrons. The molecule has 1 unspecified atom stereocenters. The maximum atomic E-state index is 3.27. The Kier molecular flexibility index (Phi) is 8.36. The summed E-state index contributed by atoms with van der Waals surface area (Å²) in [4.78, 5) is 3.27. The molecule has 2 heteroatoms. The van der Waals surface area contributed by atoms with Crippen LogP contribution >= 0.6 is 0 Å². The summed E-state index contributed by atoms with van der Waals surface area (Å²) in [7, 11) is 0. The van der Waals surface area contributed by atoms with Crippen molar-refractivity contribution in [2.24, 2.45) is 5.92 Å². The van der Waals surface area contributed by atoms with E-state index in [2.05, 4.69) is 89.7 Å². The van der Waals surface area contributed by atoms with Gasteiger partial charge in [0.15, 0.2) is 0 Å². The second-order valence-corrected chi connectivity index (χ2v) is 7.97. The van der Waals surface area contributed by atoms with Gasteiger partial charge in [-0.05, 0) is 36.8 Å². The topological polar surface area (TPSA) is 19.7 Å². The quantitative estimate of drug-likeness (QED) is 0.283. The van der Waals surface area contributed by atoms with Crippen LogP contribution in [0.3, 0.4) is 0 Å². The first-order chi connectivity index (χ1) is 13.9. The molecule has 1 aromatic heterocycles. The van der Waals surface area contributed by atoms with Gasteiger partial charge >= 0.3 is 0 Å².